The first kappa shape index (κ1) is 9.28. The lowest BCUT2D eigenvalue weighted by molar-refractivity contribution is 0.566. The van der Waals surface area contributed by atoms with E-state index in [2.05, 4.69) is 5.32 Å². The molecule has 0 saturated carbocycles. The minimum absolute atomic E-state index is 0.0173. The van der Waals surface area contributed by atoms with Crippen LogP contribution in [0, 0.1) is 0 Å². The molecule has 12 heavy (non-hydrogen) atoms. The summed E-state index contributed by atoms with van der Waals surface area (Å²) in [5.74, 6) is 0.0173. The first-order valence-corrected chi connectivity index (χ1v) is 4.63. The highest BCUT2D eigenvalue weighted by molar-refractivity contribution is 7.79. The monoisotopic (exact) mass is 181 g/mol. The average Bonchev–Trinajstić information content (AvgIpc) is 2.01. The highest BCUT2D eigenvalue weighted by Gasteiger charge is 1.93. The molecule has 0 aromatic heterocycles. The molecule has 1 aromatic carbocycles. The molecule has 0 aliphatic carbocycles. The van der Waals surface area contributed by atoms with E-state index in [1.54, 1.807) is 24.3 Å². The summed E-state index contributed by atoms with van der Waals surface area (Å²) in [5.41, 5.74) is 1.38. The van der Waals surface area contributed by atoms with Gasteiger partial charge < -0.3 is 9.87 Å². The summed E-state index contributed by atoms with van der Waals surface area (Å²) >= 11 is -1.82. The molecule has 1 rings (SSSR count). The fraction of sp³-hybridized carbons (Fsp3) is 0.143. The van der Waals surface area contributed by atoms with E-state index in [1.165, 1.54) is 0 Å². The molecule has 0 bridgehead atoms. The van der Waals surface area contributed by atoms with Crippen LogP contribution in [0.2, 0.25) is 0 Å². The molecule has 0 aliphatic heterocycles. The minimum atomic E-state index is -1.82. The van der Waals surface area contributed by atoms with Crippen LogP contribution < -0.4 is 10.8 Å². The Kier molecular flexibility index (Phi) is 3.31. The molecule has 0 fully saturated rings. The number of anilines is 1. The molecular formula is C7H8BNO2S. The topological polar surface area (TPSA) is 49.3 Å². The standard InChI is InChI=1S/C7H8BNO2S/c8-6-2-1-3-7(4-6)9-5-12(10)11/h1-4,9H,5H2,(H,10,11). The zero-order valence-electron chi connectivity index (χ0n) is 6.36. The number of benzene rings is 1. The summed E-state index contributed by atoms with van der Waals surface area (Å²) in [7, 11) is 5.49. The second-order valence-electron chi connectivity index (χ2n) is 2.27. The molecule has 3 nitrogen and oxygen atoms in total. The van der Waals surface area contributed by atoms with E-state index in [0.29, 0.717) is 5.46 Å². The van der Waals surface area contributed by atoms with Crippen LogP contribution >= 0.6 is 0 Å². The first-order valence-electron chi connectivity index (χ1n) is 3.35. The van der Waals surface area contributed by atoms with Gasteiger partial charge in [-0.15, -0.1) is 0 Å². The lowest BCUT2D eigenvalue weighted by atomic mass is 9.96. The van der Waals surface area contributed by atoms with Gasteiger partial charge in [0.2, 0.25) is 0 Å². The van der Waals surface area contributed by atoms with Gasteiger partial charge in [0.25, 0.3) is 0 Å². The predicted molar refractivity (Wildman–Crippen MR) is 51.1 cm³/mol. The smallest absolute Gasteiger partial charge is 0.172 e. The summed E-state index contributed by atoms with van der Waals surface area (Å²) in [4.78, 5) is 0. The number of hydrogen-bond donors (Lipinski definition) is 2. The van der Waals surface area contributed by atoms with Gasteiger partial charge in [-0.05, 0) is 12.1 Å². The Morgan fingerprint density at radius 1 is 1.58 bits per heavy atom. The van der Waals surface area contributed by atoms with Crippen LogP contribution in [0.4, 0.5) is 5.69 Å². The van der Waals surface area contributed by atoms with E-state index in [9.17, 15) is 4.21 Å². The Morgan fingerprint density at radius 2 is 2.33 bits per heavy atom. The van der Waals surface area contributed by atoms with E-state index in [0.717, 1.165) is 5.69 Å². The Labute approximate surface area is 74.9 Å². The Hall–Kier alpha value is -0.805. The van der Waals surface area contributed by atoms with Crippen LogP contribution in [-0.2, 0) is 11.1 Å². The second kappa shape index (κ2) is 4.28. The molecule has 0 saturated heterocycles. The molecule has 5 heteroatoms. The van der Waals surface area contributed by atoms with Crippen LogP contribution in [0.5, 0.6) is 0 Å². The highest BCUT2D eigenvalue weighted by atomic mass is 32.2. The molecule has 62 valence electrons. The summed E-state index contributed by atoms with van der Waals surface area (Å²) < 4.78 is 18.7. The third-order valence-electron chi connectivity index (χ3n) is 1.29. The molecule has 0 aliphatic rings. The van der Waals surface area contributed by atoms with Crippen molar-refractivity contribution in [2.45, 2.75) is 0 Å². The van der Waals surface area contributed by atoms with Gasteiger partial charge >= 0.3 is 0 Å². The van der Waals surface area contributed by atoms with E-state index in [-0.39, 0.29) is 5.88 Å². The van der Waals surface area contributed by atoms with Crippen molar-refractivity contribution in [3.8, 4) is 0 Å². The van der Waals surface area contributed by atoms with Gasteiger partial charge in [-0.2, -0.15) is 0 Å². The Bertz CT molecular complexity index is 292. The molecule has 1 aromatic rings. The van der Waals surface area contributed by atoms with Gasteiger partial charge in [0.05, 0.1) is 0 Å². The highest BCUT2D eigenvalue weighted by Crippen LogP contribution is 2.02. The third-order valence-corrected chi connectivity index (χ3v) is 1.68. The largest absolute Gasteiger partial charge is 0.372 e. The second-order valence-corrected chi connectivity index (χ2v) is 3.20. The van der Waals surface area contributed by atoms with Crippen LogP contribution in [0.3, 0.4) is 0 Å². The van der Waals surface area contributed by atoms with Gasteiger partial charge in [0.15, 0.2) is 11.1 Å². The van der Waals surface area contributed by atoms with E-state index in [4.69, 9.17) is 12.4 Å². The molecule has 2 radical (unpaired) electrons. The molecule has 0 spiro atoms. The fourth-order valence-electron chi connectivity index (χ4n) is 0.794. The molecule has 2 N–H and O–H groups in total. The maximum atomic E-state index is 10.3. The van der Waals surface area contributed by atoms with Crippen molar-refractivity contribution in [1.82, 2.24) is 0 Å². The zero-order valence-corrected chi connectivity index (χ0v) is 7.17. The van der Waals surface area contributed by atoms with E-state index >= 15 is 0 Å². The Balaban J connectivity index is 2.57. The minimum Gasteiger partial charge on any atom is -0.372 e. The quantitative estimate of drug-likeness (QED) is 0.512. The number of nitrogens with one attached hydrogen (secondary N) is 1. The average molecular weight is 181 g/mol. The SMILES string of the molecule is [B]c1cccc(NCS(=O)O)c1. The predicted octanol–water partition coefficient (Wildman–Crippen LogP) is 0.0715. The summed E-state index contributed by atoms with van der Waals surface area (Å²) in [6, 6.07) is 7.01. The van der Waals surface area contributed by atoms with Gasteiger partial charge in [0.1, 0.15) is 13.7 Å². The van der Waals surface area contributed by atoms with Crippen molar-refractivity contribution in [3.63, 3.8) is 0 Å². The summed E-state index contributed by atoms with van der Waals surface area (Å²) in [6.07, 6.45) is 0. The molecule has 0 amide bonds. The Morgan fingerprint density at radius 3 is 2.92 bits per heavy atom. The molecule has 1 atom stereocenters. The van der Waals surface area contributed by atoms with Gasteiger partial charge in [-0.25, -0.2) is 4.21 Å². The van der Waals surface area contributed by atoms with E-state index < -0.39 is 11.1 Å². The van der Waals surface area contributed by atoms with Crippen molar-refractivity contribution in [3.05, 3.63) is 24.3 Å². The first-order chi connectivity index (χ1) is 5.68. The molecule has 1 unspecified atom stereocenters. The van der Waals surface area contributed by atoms with Crippen molar-refractivity contribution < 1.29 is 8.76 Å². The number of rotatable bonds is 3. The van der Waals surface area contributed by atoms with Gasteiger partial charge in [-0.1, -0.05) is 17.6 Å². The number of hydrogen-bond acceptors (Lipinski definition) is 2. The summed E-state index contributed by atoms with van der Waals surface area (Å²) in [6.45, 7) is 0. The third kappa shape index (κ3) is 3.06. The van der Waals surface area contributed by atoms with E-state index in [1.807, 2.05) is 0 Å². The zero-order chi connectivity index (χ0) is 8.97. The van der Waals surface area contributed by atoms with Crippen LogP contribution in [-0.4, -0.2) is 22.5 Å². The fourth-order valence-corrected chi connectivity index (χ4v) is 1.08. The molecular weight excluding hydrogens is 173 g/mol. The molecule has 0 heterocycles. The van der Waals surface area contributed by atoms with Gasteiger partial charge in [-0.3, -0.25) is 0 Å². The van der Waals surface area contributed by atoms with Crippen LogP contribution in [0.15, 0.2) is 24.3 Å². The van der Waals surface area contributed by atoms with Crippen molar-refractivity contribution in [1.29, 1.82) is 0 Å². The normalized spacial score (nSPS) is 12.4. The maximum Gasteiger partial charge on any atom is 0.172 e. The maximum absolute atomic E-state index is 10.3. The van der Waals surface area contributed by atoms with Crippen molar-refractivity contribution >= 4 is 30.1 Å². The lowest BCUT2D eigenvalue weighted by Crippen LogP contribution is -2.09. The van der Waals surface area contributed by atoms with Gasteiger partial charge in [0, 0.05) is 5.69 Å². The van der Waals surface area contributed by atoms with Crippen LogP contribution in [0.1, 0.15) is 0 Å². The summed E-state index contributed by atoms with van der Waals surface area (Å²) in [5, 5.41) is 2.75. The van der Waals surface area contributed by atoms with Crippen molar-refractivity contribution in [2.75, 3.05) is 11.2 Å². The van der Waals surface area contributed by atoms with Crippen LogP contribution in [0.25, 0.3) is 0 Å². The van der Waals surface area contributed by atoms with Crippen molar-refractivity contribution in [2.24, 2.45) is 0 Å². The lowest BCUT2D eigenvalue weighted by Gasteiger charge is -2.03.